The van der Waals surface area contributed by atoms with E-state index in [2.05, 4.69) is 10.3 Å². The van der Waals surface area contributed by atoms with E-state index in [9.17, 15) is 4.79 Å². The van der Waals surface area contributed by atoms with Crippen LogP contribution in [0.4, 0.5) is 0 Å². The van der Waals surface area contributed by atoms with Crippen molar-refractivity contribution in [3.8, 4) is 6.07 Å². The van der Waals surface area contributed by atoms with Gasteiger partial charge < -0.3 is 9.88 Å². The van der Waals surface area contributed by atoms with E-state index in [0.29, 0.717) is 13.0 Å². The molecule has 0 spiro atoms. The Hall–Kier alpha value is -1.83. The first-order valence-corrected chi connectivity index (χ1v) is 4.82. The normalized spacial score (nSPS) is 11.8. The van der Waals surface area contributed by atoms with Gasteiger partial charge in [0.25, 0.3) is 0 Å². The topological polar surface area (TPSA) is 70.7 Å². The summed E-state index contributed by atoms with van der Waals surface area (Å²) in [6, 6.07) is 1.96. The van der Waals surface area contributed by atoms with Gasteiger partial charge in [-0.25, -0.2) is 4.98 Å². The Morgan fingerprint density at radius 2 is 2.53 bits per heavy atom. The fraction of sp³-hybridized carbons (Fsp3) is 0.500. The highest BCUT2D eigenvalue weighted by molar-refractivity contribution is 5.80. The monoisotopic (exact) mass is 206 g/mol. The molecule has 1 amide bonds. The number of hydrogen-bond acceptors (Lipinski definition) is 3. The van der Waals surface area contributed by atoms with E-state index in [1.807, 2.05) is 30.8 Å². The third kappa shape index (κ3) is 2.81. The van der Waals surface area contributed by atoms with Crippen molar-refractivity contribution in [3.63, 3.8) is 0 Å². The van der Waals surface area contributed by atoms with E-state index in [0.717, 1.165) is 5.82 Å². The smallest absolute Gasteiger partial charge is 0.237 e. The molecule has 1 N–H and O–H groups in total. The summed E-state index contributed by atoms with van der Waals surface area (Å²) in [5.74, 6) is -0.0237. The number of imidazole rings is 1. The zero-order chi connectivity index (χ0) is 11.3. The molecular formula is C10H14N4O. The molecule has 1 atom stereocenters. The molecule has 0 aliphatic carbocycles. The lowest BCUT2D eigenvalue weighted by Gasteiger charge is -2.07. The zero-order valence-electron chi connectivity index (χ0n) is 8.90. The minimum absolute atomic E-state index is 0.233. The lowest BCUT2D eigenvalue weighted by molar-refractivity contribution is -0.123. The number of aryl methyl sites for hydroxylation is 1. The molecule has 5 heteroatoms. The van der Waals surface area contributed by atoms with Crippen LogP contribution in [0, 0.1) is 17.2 Å². The van der Waals surface area contributed by atoms with Gasteiger partial charge in [0.15, 0.2) is 0 Å². The molecule has 0 radical (unpaired) electrons. The van der Waals surface area contributed by atoms with Crippen LogP contribution in [-0.2, 0) is 18.4 Å². The molecule has 0 aromatic carbocycles. The first-order valence-electron chi connectivity index (χ1n) is 4.82. The van der Waals surface area contributed by atoms with Gasteiger partial charge in [0.1, 0.15) is 11.7 Å². The Bertz CT molecular complexity index is 377. The fourth-order valence-electron chi connectivity index (χ4n) is 1.19. The number of aromatic nitrogens is 2. The van der Waals surface area contributed by atoms with Crippen LogP contribution in [0.2, 0.25) is 0 Å². The number of hydrogen-bond donors (Lipinski definition) is 1. The van der Waals surface area contributed by atoms with Crippen molar-refractivity contribution < 1.29 is 4.79 Å². The highest BCUT2D eigenvalue weighted by atomic mass is 16.1. The molecule has 0 bridgehead atoms. The van der Waals surface area contributed by atoms with Crippen molar-refractivity contribution >= 4 is 5.91 Å². The summed E-state index contributed by atoms with van der Waals surface area (Å²) < 4.78 is 1.83. The summed E-state index contributed by atoms with van der Waals surface area (Å²) in [6.45, 7) is 2.18. The predicted molar refractivity (Wildman–Crippen MR) is 54.4 cm³/mol. The maximum Gasteiger partial charge on any atom is 0.237 e. The molecule has 5 nitrogen and oxygen atoms in total. The molecule has 15 heavy (non-hydrogen) atoms. The second-order valence-electron chi connectivity index (χ2n) is 3.26. The first kappa shape index (κ1) is 11.2. The van der Waals surface area contributed by atoms with Crippen LogP contribution < -0.4 is 5.32 Å². The first-order chi connectivity index (χ1) is 7.19. The van der Waals surface area contributed by atoms with Gasteiger partial charge in [-0.15, -0.1) is 0 Å². The number of amides is 1. The van der Waals surface area contributed by atoms with Gasteiger partial charge in [-0.1, -0.05) is 6.92 Å². The average Bonchev–Trinajstić information content (AvgIpc) is 2.63. The van der Waals surface area contributed by atoms with Crippen molar-refractivity contribution in [1.82, 2.24) is 14.9 Å². The van der Waals surface area contributed by atoms with E-state index in [-0.39, 0.29) is 5.91 Å². The molecule has 1 unspecified atom stereocenters. The molecule has 1 aromatic rings. The number of carbonyl (C=O) groups is 1. The van der Waals surface area contributed by atoms with Gasteiger partial charge in [0, 0.05) is 19.4 Å². The van der Waals surface area contributed by atoms with Crippen molar-refractivity contribution in [2.75, 3.05) is 0 Å². The van der Waals surface area contributed by atoms with Crippen molar-refractivity contribution in [2.24, 2.45) is 13.0 Å². The van der Waals surface area contributed by atoms with Crippen LogP contribution in [0.1, 0.15) is 19.2 Å². The van der Waals surface area contributed by atoms with Gasteiger partial charge in [-0.3, -0.25) is 4.79 Å². The van der Waals surface area contributed by atoms with E-state index < -0.39 is 5.92 Å². The number of nitriles is 1. The standard InChI is InChI=1S/C10H14N4O/c1-3-8(6-11)10(15)13-7-9-12-4-5-14(9)2/h4-5,8H,3,7H2,1-2H3,(H,13,15). The Morgan fingerprint density at radius 1 is 1.80 bits per heavy atom. The summed E-state index contributed by atoms with van der Waals surface area (Å²) in [5, 5.41) is 11.4. The lowest BCUT2D eigenvalue weighted by Crippen LogP contribution is -2.30. The van der Waals surface area contributed by atoms with Crippen LogP contribution >= 0.6 is 0 Å². The molecule has 0 saturated heterocycles. The average molecular weight is 206 g/mol. The largest absolute Gasteiger partial charge is 0.348 e. The molecule has 1 aromatic heterocycles. The summed E-state index contributed by atoms with van der Waals surface area (Å²) in [5.41, 5.74) is 0. The minimum Gasteiger partial charge on any atom is -0.348 e. The van der Waals surface area contributed by atoms with E-state index in [1.165, 1.54) is 0 Å². The molecule has 0 fully saturated rings. The van der Waals surface area contributed by atoms with Crippen LogP contribution in [-0.4, -0.2) is 15.5 Å². The number of carbonyl (C=O) groups excluding carboxylic acids is 1. The Labute approximate surface area is 88.7 Å². The molecule has 1 rings (SSSR count). The summed E-state index contributed by atoms with van der Waals surface area (Å²) in [7, 11) is 1.86. The van der Waals surface area contributed by atoms with Gasteiger partial charge in [-0.2, -0.15) is 5.26 Å². The van der Waals surface area contributed by atoms with Crippen LogP contribution in [0.3, 0.4) is 0 Å². The van der Waals surface area contributed by atoms with E-state index in [4.69, 9.17) is 5.26 Å². The quantitative estimate of drug-likeness (QED) is 0.783. The van der Waals surface area contributed by atoms with Gasteiger partial charge >= 0.3 is 0 Å². The van der Waals surface area contributed by atoms with Crippen LogP contribution in [0.5, 0.6) is 0 Å². The third-order valence-corrected chi connectivity index (χ3v) is 2.22. The van der Waals surface area contributed by atoms with Crippen LogP contribution in [0.25, 0.3) is 0 Å². The molecule has 0 aliphatic rings. The molecular weight excluding hydrogens is 192 g/mol. The third-order valence-electron chi connectivity index (χ3n) is 2.22. The summed E-state index contributed by atoms with van der Waals surface area (Å²) >= 11 is 0. The van der Waals surface area contributed by atoms with E-state index >= 15 is 0 Å². The fourth-order valence-corrected chi connectivity index (χ4v) is 1.19. The highest BCUT2D eigenvalue weighted by Gasteiger charge is 2.15. The van der Waals surface area contributed by atoms with Crippen LogP contribution in [0.15, 0.2) is 12.4 Å². The molecule has 0 aliphatic heterocycles. The van der Waals surface area contributed by atoms with Gasteiger partial charge in [0.2, 0.25) is 5.91 Å². The minimum atomic E-state index is -0.565. The summed E-state index contributed by atoms with van der Waals surface area (Å²) in [4.78, 5) is 15.5. The molecule has 80 valence electrons. The Kier molecular flexibility index (Phi) is 3.86. The zero-order valence-corrected chi connectivity index (χ0v) is 8.90. The molecule has 1 heterocycles. The SMILES string of the molecule is CCC(C#N)C(=O)NCc1nccn1C. The van der Waals surface area contributed by atoms with Crippen molar-refractivity contribution in [2.45, 2.75) is 19.9 Å². The predicted octanol–water partition coefficient (Wildman–Crippen LogP) is 0.586. The number of nitrogens with one attached hydrogen (secondary N) is 1. The van der Waals surface area contributed by atoms with Crippen molar-refractivity contribution in [3.05, 3.63) is 18.2 Å². The number of nitrogens with zero attached hydrogens (tertiary/aromatic N) is 3. The van der Waals surface area contributed by atoms with Gasteiger partial charge in [0.05, 0.1) is 12.6 Å². The maximum atomic E-state index is 11.4. The Morgan fingerprint density at radius 3 is 3.00 bits per heavy atom. The van der Waals surface area contributed by atoms with E-state index in [1.54, 1.807) is 6.20 Å². The second kappa shape index (κ2) is 5.15. The lowest BCUT2D eigenvalue weighted by atomic mass is 10.1. The van der Waals surface area contributed by atoms with Crippen molar-refractivity contribution in [1.29, 1.82) is 5.26 Å². The second-order valence-corrected chi connectivity index (χ2v) is 3.26. The Balaban J connectivity index is 2.48. The van der Waals surface area contributed by atoms with Gasteiger partial charge in [-0.05, 0) is 6.42 Å². The maximum absolute atomic E-state index is 11.4. The highest BCUT2D eigenvalue weighted by Crippen LogP contribution is 2.01. The summed E-state index contributed by atoms with van der Waals surface area (Å²) in [6.07, 6.45) is 4.01. The number of rotatable bonds is 4. The molecule has 0 saturated carbocycles.